The van der Waals surface area contributed by atoms with Crippen LogP contribution in [0.25, 0.3) is 11.1 Å². The normalized spacial score (nSPS) is 11.4. The summed E-state index contributed by atoms with van der Waals surface area (Å²) in [7, 11) is -3.29. The van der Waals surface area contributed by atoms with Gasteiger partial charge in [-0.3, -0.25) is 0 Å². The molecule has 5 heteroatoms. The molecule has 2 aromatic rings. The summed E-state index contributed by atoms with van der Waals surface area (Å²) in [6, 6.07) is 10.2. The van der Waals surface area contributed by atoms with Gasteiger partial charge in [0.2, 0.25) is 0 Å². The lowest BCUT2D eigenvalue weighted by atomic mass is 10.1. The third-order valence-electron chi connectivity index (χ3n) is 2.54. The van der Waals surface area contributed by atoms with Gasteiger partial charge in [0.25, 0.3) is 0 Å². The average molecular weight is 266 g/mol. The van der Waals surface area contributed by atoms with Crippen LogP contribution in [0.2, 0.25) is 0 Å². The topological polar surface area (TPSA) is 54.4 Å². The Kier molecular flexibility index (Phi) is 3.09. The summed E-state index contributed by atoms with van der Waals surface area (Å²) in [4.78, 5) is 0.175. The average Bonchev–Trinajstić information content (AvgIpc) is 2.32. The van der Waals surface area contributed by atoms with Crippen LogP contribution in [-0.2, 0) is 9.84 Å². The molecule has 0 aromatic heterocycles. The zero-order chi connectivity index (χ0) is 13.3. The van der Waals surface area contributed by atoms with Crippen molar-refractivity contribution in [3.8, 4) is 16.9 Å². The summed E-state index contributed by atoms with van der Waals surface area (Å²) in [5, 5.41) is 9.10. The maximum atomic E-state index is 13.2. The van der Waals surface area contributed by atoms with Gasteiger partial charge in [-0.2, -0.15) is 0 Å². The number of hydrogen-bond acceptors (Lipinski definition) is 3. The molecule has 0 radical (unpaired) electrons. The molecule has 1 N–H and O–H groups in total. The van der Waals surface area contributed by atoms with E-state index in [2.05, 4.69) is 0 Å². The number of halogens is 1. The van der Waals surface area contributed by atoms with Crippen molar-refractivity contribution < 1.29 is 17.9 Å². The number of benzene rings is 2. The van der Waals surface area contributed by atoms with Crippen molar-refractivity contribution in [2.75, 3.05) is 6.26 Å². The standard InChI is InChI=1S/C13H11FO3S/c1-18(16,17)11-4-2-3-9(7-11)10-5-6-13(15)12(14)8-10/h2-8,15H,1H3. The molecule has 0 aliphatic carbocycles. The maximum absolute atomic E-state index is 13.2. The Morgan fingerprint density at radius 1 is 1.06 bits per heavy atom. The minimum absolute atomic E-state index is 0.175. The van der Waals surface area contributed by atoms with Crippen molar-refractivity contribution in [3.63, 3.8) is 0 Å². The van der Waals surface area contributed by atoms with Crippen LogP contribution in [0, 0.1) is 5.82 Å². The summed E-state index contributed by atoms with van der Waals surface area (Å²) in [6.45, 7) is 0. The summed E-state index contributed by atoms with van der Waals surface area (Å²) in [6.07, 6.45) is 1.11. The highest BCUT2D eigenvalue weighted by atomic mass is 32.2. The van der Waals surface area contributed by atoms with E-state index in [0.717, 1.165) is 12.3 Å². The van der Waals surface area contributed by atoms with Gasteiger partial charge in [-0.1, -0.05) is 18.2 Å². The Hall–Kier alpha value is -1.88. The molecule has 0 atom stereocenters. The van der Waals surface area contributed by atoms with Gasteiger partial charge in [0.1, 0.15) is 0 Å². The third-order valence-corrected chi connectivity index (χ3v) is 3.65. The van der Waals surface area contributed by atoms with Crippen molar-refractivity contribution >= 4 is 9.84 Å². The zero-order valence-corrected chi connectivity index (χ0v) is 10.4. The molecule has 0 aliphatic heterocycles. The SMILES string of the molecule is CS(=O)(=O)c1cccc(-c2ccc(O)c(F)c2)c1. The molecule has 3 nitrogen and oxygen atoms in total. The van der Waals surface area contributed by atoms with Crippen LogP contribution < -0.4 is 0 Å². The van der Waals surface area contributed by atoms with Gasteiger partial charge in [0.15, 0.2) is 21.4 Å². The van der Waals surface area contributed by atoms with Crippen LogP contribution in [-0.4, -0.2) is 19.8 Å². The number of rotatable bonds is 2. The lowest BCUT2D eigenvalue weighted by Gasteiger charge is -2.05. The van der Waals surface area contributed by atoms with E-state index >= 15 is 0 Å². The van der Waals surface area contributed by atoms with E-state index in [1.54, 1.807) is 12.1 Å². The number of hydrogen-bond donors (Lipinski definition) is 1. The number of aromatic hydroxyl groups is 1. The van der Waals surface area contributed by atoms with Crippen molar-refractivity contribution in [1.29, 1.82) is 0 Å². The van der Waals surface area contributed by atoms with Crippen molar-refractivity contribution in [2.24, 2.45) is 0 Å². The smallest absolute Gasteiger partial charge is 0.175 e. The van der Waals surface area contributed by atoms with Crippen LogP contribution in [0.15, 0.2) is 47.4 Å². The Morgan fingerprint density at radius 3 is 2.33 bits per heavy atom. The van der Waals surface area contributed by atoms with E-state index in [0.29, 0.717) is 11.1 Å². The van der Waals surface area contributed by atoms with Gasteiger partial charge in [-0.25, -0.2) is 12.8 Å². The van der Waals surface area contributed by atoms with Gasteiger partial charge < -0.3 is 5.11 Å². The van der Waals surface area contributed by atoms with Gasteiger partial charge in [-0.15, -0.1) is 0 Å². The molecule has 0 spiro atoms. The molecule has 18 heavy (non-hydrogen) atoms. The fraction of sp³-hybridized carbons (Fsp3) is 0.0769. The summed E-state index contributed by atoms with van der Waals surface area (Å²) < 4.78 is 36.1. The van der Waals surface area contributed by atoms with Gasteiger partial charge >= 0.3 is 0 Å². The Balaban J connectivity index is 2.55. The second kappa shape index (κ2) is 4.42. The molecule has 0 amide bonds. The fourth-order valence-corrected chi connectivity index (χ4v) is 2.26. The van der Waals surface area contributed by atoms with Crippen LogP contribution in [0.3, 0.4) is 0 Å². The van der Waals surface area contributed by atoms with Crippen LogP contribution in [0.1, 0.15) is 0 Å². The second-order valence-electron chi connectivity index (χ2n) is 3.97. The largest absolute Gasteiger partial charge is 0.505 e. The monoisotopic (exact) mass is 266 g/mol. The highest BCUT2D eigenvalue weighted by Crippen LogP contribution is 2.26. The molecule has 0 saturated carbocycles. The first-order valence-electron chi connectivity index (χ1n) is 5.17. The molecule has 0 unspecified atom stereocenters. The van der Waals surface area contributed by atoms with Gasteiger partial charge in [-0.05, 0) is 35.4 Å². The lowest BCUT2D eigenvalue weighted by molar-refractivity contribution is 0.432. The quantitative estimate of drug-likeness (QED) is 0.909. The third kappa shape index (κ3) is 2.51. The molecule has 0 saturated heterocycles. The minimum Gasteiger partial charge on any atom is -0.505 e. The number of sulfone groups is 1. The first kappa shape index (κ1) is 12.6. The second-order valence-corrected chi connectivity index (χ2v) is 5.98. The van der Waals surface area contributed by atoms with Crippen molar-refractivity contribution in [2.45, 2.75) is 4.90 Å². The Bertz CT molecular complexity index is 693. The van der Waals surface area contributed by atoms with Crippen molar-refractivity contribution in [3.05, 3.63) is 48.3 Å². The molecule has 0 heterocycles. The molecular formula is C13H11FO3S. The molecular weight excluding hydrogens is 255 g/mol. The van der Waals surface area contributed by atoms with Crippen LogP contribution in [0.5, 0.6) is 5.75 Å². The van der Waals surface area contributed by atoms with E-state index < -0.39 is 21.4 Å². The molecule has 0 fully saturated rings. The summed E-state index contributed by atoms with van der Waals surface area (Å²) >= 11 is 0. The Labute approximate surface area is 104 Å². The van der Waals surface area contributed by atoms with E-state index in [1.807, 2.05) is 0 Å². The van der Waals surface area contributed by atoms with E-state index in [1.165, 1.54) is 24.3 Å². The van der Waals surface area contributed by atoms with E-state index in [9.17, 15) is 12.8 Å². The van der Waals surface area contributed by atoms with Crippen LogP contribution >= 0.6 is 0 Å². The molecule has 2 aromatic carbocycles. The summed E-state index contributed by atoms with van der Waals surface area (Å²) in [5.41, 5.74) is 1.09. The molecule has 0 aliphatic rings. The first-order valence-corrected chi connectivity index (χ1v) is 7.06. The molecule has 0 bridgehead atoms. The van der Waals surface area contributed by atoms with E-state index in [-0.39, 0.29) is 4.90 Å². The first-order chi connectivity index (χ1) is 8.38. The zero-order valence-electron chi connectivity index (χ0n) is 9.59. The predicted octanol–water partition coefficient (Wildman–Crippen LogP) is 2.60. The minimum atomic E-state index is -3.29. The predicted molar refractivity (Wildman–Crippen MR) is 66.6 cm³/mol. The van der Waals surface area contributed by atoms with Crippen LogP contribution in [0.4, 0.5) is 4.39 Å². The van der Waals surface area contributed by atoms with Gasteiger partial charge in [0, 0.05) is 6.26 Å². The molecule has 94 valence electrons. The fourth-order valence-electron chi connectivity index (χ4n) is 1.59. The highest BCUT2D eigenvalue weighted by Gasteiger charge is 2.09. The maximum Gasteiger partial charge on any atom is 0.175 e. The Morgan fingerprint density at radius 2 is 1.72 bits per heavy atom. The van der Waals surface area contributed by atoms with Crippen molar-refractivity contribution in [1.82, 2.24) is 0 Å². The lowest BCUT2D eigenvalue weighted by Crippen LogP contribution is -1.96. The highest BCUT2D eigenvalue weighted by molar-refractivity contribution is 7.90. The number of phenols is 1. The number of phenolic OH excluding ortho intramolecular Hbond substituents is 1. The molecule has 2 rings (SSSR count). The van der Waals surface area contributed by atoms with E-state index in [4.69, 9.17) is 5.11 Å². The summed E-state index contributed by atoms with van der Waals surface area (Å²) in [5.74, 6) is -1.17. The van der Waals surface area contributed by atoms with Gasteiger partial charge in [0.05, 0.1) is 4.90 Å².